The maximum atomic E-state index is 5.63. The molecule has 0 bridgehead atoms. The molecule has 1 aromatic rings. The third-order valence-corrected chi connectivity index (χ3v) is 2.63. The molecule has 3 heteroatoms. The van der Waals surface area contributed by atoms with E-state index >= 15 is 0 Å². The van der Waals surface area contributed by atoms with Gasteiger partial charge in [-0.1, -0.05) is 12.8 Å². The SMILES string of the molecule is CNCc1cnc(C2CCCC2)o1. The van der Waals surface area contributed by atoms with Gasteiger partial charge in [0, 0.05) is 5.92 Å². The van der Waals surface area contributed by atoms with Crippen LogP contribution in [-0.4, -0.2) is 12.0 Å². The Balaban J connectivity index is 2.03. The predicted octanol–water partition coefficient (Wildman–Crippen LogP) is 2.05. The third kappa shape index (κ3) is 1.91. The first-order valence-electron chi connectivity index (χ1n) is 4.99. The van der Waals surface area contributed by atoms with E-state index < -0.39 is 0 Å². The lowest BCUT2D eigenvalue weighted by atomic mass is 10.1. The molecule has 0 spiro atoms. The van der Waals surface area contributed by atoms with Gasteiger partial charge >= 0.3 is 0 Å². The van der Waals surface area contributed by atoms with Gasteiger partial charge in [-0.2, -0.15) is 0 Å². The first-order chi connectivity index (χ1) is 6.40. The molecule has 0 aromatic carbocycles. The Labute approximate surface area is 78.5 Å². The van der Waals surface area contributed by atoms with E-state index in [0.29, 0.717) is 5.92 Å². The van der Waals surface area contributed by atoms with Gasteiger partial charge in [-0.15, -0.1) is 0 Å². The number of nitrogens with one attached hydrogen (secondary N) is 1. The normalized spacial score (nSPS) is 18.2. The van der Waals surface area contributed by atoms with Gasteiger partial charge in [-0.3, -0.25) is 0 Å². The van der Waals surface area contributed by atoms with Crippen molar-refractivity contribution in [3.63, 3.8) is 0 Å². The highest BCUT2D eigenvalue weighted by molar-refractivity contribution is 5.00. The summed E-state index contributed by atoms with van der Waals surface area (Å²) in [7, 11) is 1.91. The second kappa shape index (κ2) is 3.92. The molecule has 1 saturated carbocycles. The van der Waals surface area contributed by atoms with E-state index in [2.05, 4.69) is 10.3 Å². The lowest BCUT2D eigenvalue weighted by Gasteiger charge is -2.01. The van der Waals surface area contributed by atoms with Gasteiger partial charge < -0.3 is 9.73 Å². The Bertz CT molecular complexity index is 264. The summed E-state index contributed by atoms with van der Waals surface area (Å²) >= 11 is 0. The fourth-order valence-corrected chi connectivity index (χ4v) is 1.94. The molecule has 1 fully saturated rings. The van der Waals surface area contributed by atoms with Gasteiger partial charge in [0.1, 0.15) is 5.76 Å². The van der Waals surface area contributed by atoms with Crippen molar-refractivity contribution in [3.8, 4) is 0 Å². The van der Waals surface area contributed by atoms with Crippen molar-refractivity contribution in [1.29, 1.82) is 0 Å². The summed E-state index contributed by atoms with van der Waals surface area (Å²) in [6, 6.07) is 0. The molecule has 72 valence electrons. The minimum atomic E-state index is 0.589. The molecular weight excluding hydrogens is 164 g/mol. The Morgan fingerprint density at radius 3 is 3.00 bits per heavy atom. The molecule has 1 N–H and O–H groups in total. The lowest BCUT2D eigenvalue weighted by Crippen LogP contribution is -2.03. The smallest absolute Gasteiger partial charge is 0.197 e. The summed E-state index contributed by atoms with van der Waals surface area (Å²) in [4.78, 5) is 4.31. The second-order valence-electron chi connectivity index (χ2n) is 3.68. The van der Waals surface area contributed by atoms with E-state index in [1.54, 1.807) is 0 Å². The van der Waals surface area contributed by atoms with Crippen LogP contribution in [0.5, 0.6) is 0 Å². The zero-order chi connectivity index (χ0) is 9.10. The molecule has 0 amide bonds. The average Bonchev–Trinajstić information content (AvgIpc) is 2.70. The van der Waals surface area contributed by atoms with E-state index in [-0.39, 0.29) is 0 Å². The summed E-state index contributed by atoms with van der Waals surface area (Å²) in [5.74, 6) is 2.48. The molecule has 0 radical (unpaired) electrons. The van der Waals surface area contributed by atoms with Crippen molar-refractivity contribution in [2.45, 2.75) is 38.1 Å². The second-order valence-corrected chi connectivity index (χ2v) is 3.68. The summed E-state index contributed by atoms with van der Waals surface area (Å²) < 4.78 is 5.63. The largest absolute Gasteiger partial charge is 0.444 e. The molecule has 2 rings (SSSR count). The quantitative estimate of drug-likeness (QED) is 0.773. The van der Waals surface area contributed by atoms with Crippen LogP contribution in [0, 0.1) is 0 Å². The van der Waals surface area contributed by atoms with Crippen LogP contribution < -0.4 is 5.32 Å². The standard InChI is InChI=1S/C10H16N2O/c1-11-6-9-7-12-10(13-9)8-4-2-3-5-8/h7-8,11H,2-6H2,1H3. The lowest BCUT2D eigenvalue weighted by molar-refractivity contribution is 0.413. The van der Waals surface area contributed by atoms with Gasteiger partial charge in [0.15, 0.2) is 5.89 Å². The first kappa shape index (κ1) is 8.75. The summed E-state index contributed by atoms with van der Waals surface area (Å²) in [6.07, 6.45) is 6.99. The molecule has 0 atom stereocenters. The summed E-state index contributed by atoms with van der Waals surface area (Å²) in [6.45, 7) is 0.778. The molecular formula is C10H16N2O. The highest BCUT2D eigenvalue weighted by Gasteiger charge is 2.21. The molecule has 0 saturated heterocycles. The zero-order valence-corrected chi connectivity index (χ0v) is 8.05. The van der Waals surface area contributed by atoms with Crippen LogP contribution in [0.1, 0.15) is 43.3 Å². The number of oxazole rings is 1. The van der Waals surface area contributed by atoms with Crippen molar-refractivity contribution in [2.75, 3.05) is 7.05 Å². The highest BCUT2D eigenvalue weighted by atomic mass is 16.4. The Hall–Kier alpha value is -0.830. The fraction of sp³-hybridized carbons (Fsp3) is 0.700. The van der Waals surface area contributed by atoms with Crippen LogP contribution in [0.25, 0.3) is 0 Å². The minimum Gasteiger partial charge on any atom is -0.444 e. The topological polar surface area (TPSA) is 38.1 Å². The summed E-state index contributed by atoms with van der Waals surface area (Å²) in [5.41, 5.74) is 0. The molecule has 1 heterocycles. The number of rotatable bonds is 3. The van der Waals surface area contributed by atoms with E-state index in [0.717, 1.165) is 18.2 Å². The maximum Gasteiger partial charge on any atom is 0.197 e. The third-order valence-electron chi connectivity index (χ3n) is 2.63. The molecule has 1 aliphatic rings. The van der Waals surface area contributed by atoms with Crippen LogP contribution in [0.4, 0.5) is 0 Å². The Morgan fingerprint density at radius 1 is 1.54 bits per heavy atom. The van der Waals surface area contributed by atoms with Crippen molar-refractivity contribution < 1.29 is 4.42 Å². The Morgan fingerprint density at radius 2 is 2.31 bits per heavy atom. The molecule has 3 nitrogen and oxygen atoms in total. The van der Waals surface area contributed by atoms with Crippen molar-refractivity contribution in [2.24, 2.45) is 0 Å². The Kier molecular flexibility index (Phi) is 2.64. The molecule has 1 aromatic heterocycles. The van der Waals surface area contributed by atoms with Gasteiger partial charge in [0.25, 0.3) is 0 Å². The van der Waals surface area contributed by atoms with Gasteiger partial charge in [0.2, 0.25) is 0 Å². The highest BCUT2D eigenvalue weighted by Crippen LogP contribution is 2.33. The minimum absolute atomic E-state index is 0.589. The number of hydrogen-bond acceptors (Lipinski definition) is 3. The predicted molar refractivity (Wildman–Crippen MR) is 50.5 cm³/mol. The van der Waals surface area contributed by atoms with Crippen molar-refractivity contribution >= 4 is 0 Å². The van der Waals surface area contributed by atoms with Crippen molar-refractivity contribution in [3.05, 3.63) is 17.8 Å². The van der Waals surface area contributed by atoms with Crippen LogP contribution in [-0.2, 0) is 6.54 Å². The van der Waals surface area contributed by atoms with E-state index in [1.165, 1.54) is 25.7 Å². The van der Waals surface area contributed by atoms with E-state index in [1.807, 2.05) is 13.2 Å². The van der Waals surface area contributed by atoms with Crippen molar-refractivity contribution in [1.82, 2.24) is 10.3 Å². The molecule has 0 aliphatic heterocycles. The molecule has 13 heavy (non-hydrogen) atoms. The van der Waals surface area contributed by atoms with Gasteiger partial charge in [-0.25, -0.2) is 4.98 Å². The average molecular weight is 180 g/mol. The number of aromatic nitrogens is 1. The zero-order valence-electron chi connectivity index (χ0n) is 8.05. The van der Waals surface area contributed by atoms with Gasteiger partial charge in [-0.05, 0) is 19.9 Å². The monoisotopic (exact) mass is 180 g/mol. The van der Waals surface area contributed by atoms with Crippen LogP contribution in [0.2, 0.25) is 0 Å². The number of nitrogens with zero attached hydrogens (tertiary/aromatic N) is 1. The van der Waals surface area contributed by atoms with Crippen LogP contribution in [0.15, 0.2) is 10.6 Å². The maximum absolute atomic E-state index is 5.63. The van der Waals surface area contributed by atoms with Crippen LogP contribution in [0.3, 0.4) is 0 Å². The molecule has 0 unspecified atom stereocenters. The van der Waals surface area contributed by atoms with Crippen LogP contribution >= 0.6 is 0 Å². The van der Waals surface area contributed by atoms with E-state index in [4.69, 9.17) is 4.42 Å². The molecule has 1 aliphatic carbocycles. The van der Waals surface area contributed by atoms with E-state index in [9.17, 15) is 0 Å². The summed E-state index contributed by atoms with van der Waals surface area (Å²) in [5, 5.41) is 3.05. The fourth-order valence-electron chi connectivity index (χ4n) is 1.94. The van der Waals surface area contributed by atoms with Gasteiger partial charge in [0.05, 0.1) is 12.7 Å². The first-order valence-corrected chi connectivity index (χ1v) is 4.99. The number of hydrogen-bond donors (Lipinski definition) is 1.